The lowest BCUT2D eigenvalue weighted by molar-refractivity contribution is -0.146. The third kappa shape index (κ3) is 3.50. The van der Waals surface area contributed by atoms with Crippen LogP contribution in [0.3, 0.4) is 0 Å². The molecule has 0 aromatic heterocycles. The van der Waals surface area contributed by atoms with Crippen LogP contribution in [0.5, 0.6) is 0 Å². The van der Waals surface area contributed by atoms with Crippen LogP contribution in [0.1, 0.15) is 6.92 Å². The fourth-order valence-electron chi connectivity index (χ4n) is 0.569. The van der Waals surface area contributed by atoms with Crippen LogP contribution in [-0.2, 0) is 9.53 Å². The van der Waals surface area contributed by atoms with E-state index in [1.807, 2.05) is 0 Å². The average molecular weight is 178 g/mol. The number of esters is 1. The van der Waals surface area contributed by atoms with Crippen molar-refractivity contribution in [2.24, 2.45) is 0 Å². The lowest BCUT2D eigenvalue weighted by Crippen LogP contribution is -2.41. The minimum atomic E-state index is -2.00. The Morgan fingerprint density at radius 1 is 1.55 bits per heavy atom. The van der Waals surface area contributed by atoms with E-state index < -0.39 is 19.8 Å². The second-order valence-electron chi connectivity index (χ2n) is 3.48. The zero-order valence-electron chi connectivity index (χ0n) is 7.48. The van der Waals surface area contributed by atoms with E-state index >= 15 is 0 Å². The summed E-state index contributed by atoms with van der Waals surface area (Å²) in [6, 6.07) is 0. The van der Waals surface area contributed by atoms with Gasteiger partial charge in [-0.1, -0.05) is 19.6 Å². The Labute approximate surface area is 67.8 Å². The summed E-state index contributed by atoms with van der Waals surface area (Å²) in [6.45, 7) is 7.33. The molecule has 0 aliphatic carbocycles. The van der Waals surface area contributed by atoms with Gasteiger partial charge in [-0.25, -0.2) is 9.18 Å². The van der Waals surface area contributed by atoms with Crippen LogP contribution >= 0.6 is 0 Å². The van der Waals surface area contributed by atoms with Crippen LogP contribution in [0.15, 0.2) is 0 Å². The molecule has 0 saturated carbocycles. The summed E-state index contributed by atoms with van der Waals surface area (Å²) in [5, 5.41) is 0. The first kappa shape index (κ1) is 10.6. The van der Waals surface area contributed by atoms with Gasteiger partial charge < -0.3 is 4.74 Å². The Balaban J connectivity index is 4.03. The van der Waals surface area contributed by atoms with E-state index in [9.17, 15) is 9.18 Å². The van der Waals surface area contributed by atoms with Gasteiger partial charge in [0.2, 0.25) is 0 Å². The molecule has 0 saturated heterocycles. The highest BCUT2D eigenvalue weighted by atomic mass is 28.3. The molecule has 0 aromatic rings. The Kier molecular flexibility index (Phi) is 3.72. The minimum Gasteiger partial charge on any atom is -0.464 e. The largest absolute Gasteiger partial charge is 0.464 e. The predicted octanol–water partition coefficient (Wildman–Crippen LogP) is 1.76. The van der Waals surface area contributed by atoms with Crippen molar-refractivity contribution in [3.63, 3.8) is 0 Å². The quantitative estimate of drug-likeness (QED) is 0.486. The Bertz CT molecular complexity index is 142. The molecule has 0 heterocycles. The number of alkyl halides is 1. The summed E-state index contributed by atoms with van der Waals surface area (Å²) in [7, 11) is -2.00. The molecule has 0 aromatic carbocycles. The number of carbonyl (C=O) groups excluding carboxylic acids is 1. The first-order chi connectivity index (χ1) is 4.89. The van der Waals surface area contributed by atoms with Gasteiger partial charge in [-0.3, -0.25) is 0 Å². The number of carbonyl (C=O) groups is 1. The first-order valence-electron chi connectivity index (χ1n) is 3.70. The molecule has 0 spiro atoms. The zero-order valence-corrected chi connectivity index (χ0v) is 8.48. The van der Waals surface area contributed by atoms with Crippen molar-refractivity contribution in [3.05, 3.63) is 0 Å². The van der Waals surface area contributed by atoms with Gasteiger partial charge in [0.25, 0.3) is 0 Å². The smallest absolute Gasteiger partial charge is 0.337 e. The molecule has 2 nitrogen and oxygen atoms in total. The normalized spacial score (nSPS) is 14.3. The van der Waals surface area contributed by atoms with Crippen molar-refractivity contribution in [1.29, 1.82) is 0 Å². The molecule has 0 bridgehead atoms. The van der Waals surface area contributed by atoms with Gasteiger partial charge in [0.05, 0.1) is 14.7 Å². The van der Waals surface area contributed by atoms with Crippen molar-refractivity contribution in [3.8, 4) is 0 Å². The van der Waals surface area contributed by atoms with Crippen LogP contribution in [0.4, 0.5) is 4.39 Å². The summed E-state index contributed by atoms with van der Waals surface area (Å²) >= 11 is 0. The van der Waals surface area contributed by atoms with Crippen LogP contribution in [0.2, 0.25) is 19.6 Å². The molecule has 0 radical (unpaired) electrons. The van der Waals surface area contributed by atoms with E-state index in [0.29, 0.717) is 0 Å². The zero-order chi connectivity index (χ0) is 9.07. The molecule has 11 heavy (non-hydrogen) atoms. The maximum absolute atomic E-state index is 13.1. The highest BCUT2D eigenvalue weighted by Gasteiger charge is 2.34. The van der Waals surface area contributed by atoms with E-state index in [1.54, 1.807) is 26.6 Å². The highest BCUT2D eigenvalue weighted by molar-refractivity contribution is 6.80. The van der Waals surface area contributed by atoms with Gasteiger partial charge in [-0.2, -0.15) is 0 Å². The van der Waals surface area contributed by atoms with Gasteiger partial charge in [0.15, 0.2) is 5.79 Å². The molecule has 1 atom stereocenters. The SMILES string of the molecule is CCOC(=O)C(F)[Si](C)(C)C. The minimum absolute atomic E-state index is 0.254. The third-order valence-corrected chi connectivity index (χ3v) is 3.01. The number of hydrogen-bond acceptors (Lipinski definition) is 2. The van der Waals surface area contributed by atoms with Gasteiger partial charge in [0, 0.05) is 0 Å². The summed E-state index contributed by atoms with van der Waals surface area (Å²) in [5.74, 6) is -2.09. The van der Waals surface area contributed by atoms with Crippen LogP contribution in [0.25, 0.3) is 0 Å². The molecule has 1 unspecified atom stereocenters. The third-order valence-electron chi connectivity index (χ3n) is 1.25. The second kappa shape index (κ2) is 3.85. The van der Waals surface area contributed by atoms with Crippen molar-refractivity contribution in [2.75, 3.05) is 6.61 Å². The molecular formula is C7H15FO2Si. The molecule has 4 heteroatoms. The predicted molar refractivity (Wildman–Crippen MR) is 44.9 cm³/mol. The average Bonchev–Trinajstić information content (AvgIpc) is 1.85. The van der Waals surface area contributed by atoms with E-state index in [-0.39, 0.29) is 6.61 Å². The fraction of sp³-hybridized carbons (Fsp3) is 0.857. The van der Waals surface area contributed by atoms with Gasteiger partial charge in [0.1, 0.15) is 0 Å². The Morgan fingerprint density at radius 2 is 2.00 bits per heavy atom. The number of halogens is 1. The van der Waals surface area contributed by atoms with Crippen molar-refractivity contribution < 1.29 is 13.9 Å². The van der Waals surface area contributed by atoms with E-state index in [4.69, 9.17) is 0 Å². The summed E-state index contributed by atoms with van der Waals surface area (Å²) in [5.41, 5.74) is 0. The van der Waals surface area contributed by atoms with E-state index in [0.717, 1.165) is 0 Å². The first-order valence-corrected chi connectivity index (χ1v) is 7.28. The van der Waals surface area contributed by atoms with Gasteiger partial charge in [-0.05, 0) is 6.92 Å². The number of hydrogen-bond donors (Lipinski definition) is 0. The number of ether oxygens (including phenoxy) is 1. The fourth-order valence-corrected chi connectivity index (χ4v) is 1.36. The summed E-state index contributed by atoms with van der Waals surface area (Å²) in [6.07, 6.45) is 0. The summed E-state index contributed by atoms with van der Waals surface area (Å²) < 4.78 is 17.6. The van der Waals surface area contributed by atoms with Crippen LogP contribution in [-0.4, -0.2) is 26.4 Å². The molecule has 0 rings (SSSR count). The van der Waals surface area contributed by atoms with Crippen molar-refractivity contribution in [2.45, 2.75) is 32.4 Å². The monoisotopic (exact) mass is 178 g/mol. The van der Waals surface area contributed by atoms with E-state index in [2.05, 4.69) is 4.74 Å². The molecule has 0 aliphatic rings. The Hall–Kier alpha value is -0.383. The standard InChI is InChI=1S/C7H15FO2Si/c1-5-10-7(9)6(8)11(2,3)4/h6H,5H2,1-4H3. The van der Waals surface area contributed by atoms with Crippen LogP contribution < -0.4 is 0 Å². The Morgan fingerprint density at radius 3 is 2.27 bits per heavy atom. The molecule has 66 valence electrons. The van der Waals surface area contributed by atoms with Gasteiger partial charge >= 0.3 is 5.97 Å². The lowest BCUT2D eigenvalue weighted by Gasteiger charge is -2.19. The van der Waals surface area contributed by atoms with Gasteiger partial charge in [-0.15, -0.1) is 0 Å². The lowest BCUT2D eigenvalue weighted by atomic mass is 10.7. The highest BCUT2D eigenvalue weighted by Crippen LogP contribution is 2.12. The van der Waals surface area contributed by atoms with Crippen molar-refractivity contribution >= 4 is 14.0 Å². The molecule has 0 N–H and O–H groups in total. The maximum atomic E-state index is 13.1. The molecule has 0 amide bonds. The molecular weight excluding hydrogens is 163 g/mol. The topological polar surface area (TPSA) is 26.3 Å². The van der Waals surface area contributed by atoms with Crippen molar-refractivity contribution in [1.82, 2.24) is 0 Å². The molecule has 0 fully saturated rings. The molecule has 0 aliphatic heterocycles. The van der Waals surface area contributed by atoms with E-state index in [1.165, 1.54) is 0 Å². The number of rotatable bonds is 3. The van der Waals surface area contributed by atoms with Crippen LogP contribution in [0, 0.1) is 0 Å². The summed E-state index contributed by atoms with van der Waals surface area (Å²) in [4.78, 5) is 10.8. The maximum Gasteiger partial charge on any atom is 0.337 e. The second-order valence-corrected chi connectivity index (χ2v) is 8.72.